The summed E-state index contributed by atoms with van der Waals surface area (Å²) in [6.07, 6.45) is 3.69. The Morgan fingerprint density at radius 3 is 2.53 bits per heavy atom. The third-order valence-corrected chi connectivity index (χ3v) is 2.76. The zero-order valence-corrected chi connectivity index (χ0v) is 9.55. The van der Waals surface area contributed by atoms with Gasteiger partial charge < -0.3 is 9.52 Å². The molecule has 0 aliphatic rings. The fourth-order valence-corrected chi connectivity index (χ4v) is 1.80. The maximum Gasteiger partial charge on any atom is 0.0991 e. The summed E-state index contributed by atoms with van der Waals surface area (Å²) in [6, 6.07) is 10.9. The molecular formula is C14H13NO2. The standard InChI is InChI=1S/C14H13NO2/c1-14(16,8-12-6-7-17-10-12)13-4-2-11(9-15)3-5-13/h2-7,10,16H,8H2,1H3. The fourth-order valence-electron chi connectivity index (χ4n) is 1.80. The number of furan rings is 1. The first kappa shape index (κ1) is 11.4. The van der Waals surface area contributed by atoms with E-state index in [0.29, 0.717) is 12.0 Å². The molecule has 1 aromatic carbocycles. The van der Waals surface area contributed by atoms with Crippen molar-refractivity contribution in [3.8, 4) is 6.07 Å². The number of benzene rings is 1. The zero-order valence-electron chi connectivity index (χ0n) is 9.55. The van der Waals surface area contributed by atoms with Gasteiger partial charge >= 0.3 is 0 Å². The largest absolute Gasteiger partial charge is 0.472 e. The number of aliphatic hydroxyl groups is 1. The zero-order chi connectivity index (χ0) is 12.3. The van der Waals surface area contributed by atoms with Crippen molar-refractivity contribution in [2.45, 2.75) is 18.9 Å². The summed E-state index contributed by atoms with van der Waals surface area (Å²) in [7, 11) is 0. The van der Waals surface area contributed by atoms with Crippen LogP contribution in [0.5, 0.6) is 0 Å². The Morgan fingerprint density at radius 2 is 2.00 bits per heavy atom. The molecule has 1 N–H and O–H groups in total. The Kier molecular flexibility index (Phi) is 2.99. The van der Waals surface area contributed by atoms with Crippen molar-refractivity contribution in [2.24, 2.45) is 0 Å². The number of hydrogen-bond acceptors (Lipinski definition) is 3. The van der Waals surface area contributed by atoms with Gasteiger partial charge in [-0.05, 0) is 36.2 Å². The van der Waals surface area contributed by atoms with Gasteiger partial charge in [0, 0.05) is 6.42 Å². The average molecular weight is 227 g/mol. The third kappa shape index (κ3) is 2.55. The molecule has 1 atom stereocenters. The van der Waals surface area contributed by atoms with Gasteiger partial charge in [-0.1, -0.05) is 12.1 Å². The van der Waals surface area contributed by atoms with Crippen LogP contribution in [0.2, 0.25) is 0 Å². The van der Waals surface area contributed by atoms with Crippen LogP contribution in [0, 0.1) is 11.3 Å². The molecule has 0 aliphatic carbocycles. The van der Waals surface area contributed by atoms with E-state index in [0.717, 1.165) is 11.1 Å². The van der Waals surface area contributed by atoms with E-state index in [9.17, 15) is 5.11 Å². The van der Waals surface area contributed by atoms with Gasteiger partial charge in [0.2, 0.25) is 0 Å². The lowest BCUT2D eigenvalue weighted by Gasteiger charge is -2.23. The van der Waals surface area contributed by atoms with Gasteiger partial charge in [0.25, 0.3) is 0 Å². The lowest BCUT2D eigenvalue weighted by Crippen LogP contribution is -2.23. The molecule has 0 fully saturated rings. The molecule has 0 aliphatic heterocycles. The molecule has 0 saturated heterocycles. The van der Waals surface area contributed by atoms with E-state index in [4.69, 9.17) is 9.68 Å². The van der Waals surface area contributed by atoms with E-state index < -0.39 is 5.60 Å². The van der Waals surface area contributed by atoms with Crippen LogP contribution >= 0.6 is 0 Å². The molecule has 86 valence electrons. The second-order valence-electron chi connectivity index (χ2n) is 4.27. The molecule has 1 aromatic heterocycles. The summed E-state index contributed by atoms with van der Waals surface area (Å²) < 4.78 is 4.98. The SMILES string of the molecule is CC(O)(Cc1ccoc1)c1ccc(C#N)cc1. The quantitative estimate of drug-likeness (QED) is 0.876. The Labute approximate surface area is 99.9 Å². The van der Waals surface area contributed by atoms with Gasteiger partial charge in [-0.25, -0.2) is 0 Å². The van der Waals surface area contributed by atoms with Gasteiger partial charge in [-0.15, -0.1) is 0 Å². The van der Waals surface area contributed by atoms with Crippen LogP contribution in [-0.4, -0.2) is 5.11 Å². The number of nitriles is 1. The monoisotopic (exact) mass is 227 g/mol. The maximum atomic E-state index is 10.4. The number of rotatable bonds is 3. The molecule has 1 heterocycles. The highest BCUT2D eigenvalue weighted by atomic mass is 16.3. The Balaban J connectivity index is 2.22. The van der Waals surface area contributed by atoms with Crippen LogP contribution in [0.1, 0.15) is 23.6 Å². The average Bonchev–Trinajstić information content (AvgIpc) is 2.81. The van der Waals surface area contributed by atoms with Crippen molar-refractivity contribution in [1.82, 2.24) is 0 Å². The van der Waals surface area contributed by atoms with Crippen molar-refractivity contribution >= 4 is 0 Å². The molecule has 0 amide bonds. The van der Waals surface area contributed by atoms with Crippen molar-refractivity contribution in [2.75, 3.05) is 0 Å². The van der Waals surface area contributed by atoms with Crippen LogP contribution in [0.4, 0.5) is 0 Å². The minimum absolute atomic E-state index is 0.482. The highest BCUT2D eigenvalue weighted by molar-refractivity contribution is 5.34. The van der Waals surface area contributed by atoms with Crippen molar-refractivity contribution in [3.05, 3.63) is 59.5 Å². The molecule has 0 bridgehead atoms. The molecular weight excluding hydrogens is 214 g/mol. The first-order valence-electron chi connectivity index (χ1n) is 5.36. The molecule has 0 radical (unpaired) electrons. The van der Waals surface area contributed by atoms with Gasteiger partial charge in [-0.2, -0.15) is 5.26 Å². The van der Waals surface area contributed by atoms with E-state index in [-0.39, 0.29) is 0 Å². The molecule has 17 heavy (non-hydrogen) atoms. The molecule has 0 spiro atoms. The predicted octanol–water partition coefficient (Wildman–Crippen LogP) is 2.60. The predicted molar refractivity (Wildman–Crippen MR) is 63.1 cm³/mol. The first-order valence-corrected chi connectivity index (χ1v) is 5.36. The van der Waals surface area contributed by atoms with Crippen LogP contribution in [-0.2, 0) is 12.0 Å². The van der Waals surface area contributed by atoms with Crippen molar-refractivity contribution < 1.29 is 9.52 Å². The summed E-state index contributed by atoms with van der Waals surface area (Å²) >= 11 is 0. The van der Waals surface area contributed by atoms with Gasteiger partial charge in [-0.3, -0.25) is 0 Å². The van der Waals surface area contributed by atoms with Gasteiger partial charge in [0.15, 0.2) is 0 Å². The van der Waals surface area contributed by atoms with Crippen molar-refractivity contribution in [3.63, 3.8) is 0 Å². The topological polar surface area (TPSA) is 57.2 Å². The van der Waals surface area contributed by atoms with E-state index in [1.54, 1.807) is 43.7 Å². The summed E-state index contributed by atoms with van der Waals surface area (Å²) in [5, 5.41) is 19.1. The lowest BCUT2D eigenvalue weighted by atomic mass is 9.89. The van der Waals surface area contributed by atoms with Crippen LogP contribution in [0.3, 0.4) is 0 Å². The van der Waals surface area contributed by atoms with Crippen LogP contribution < -0.4 is 0 Å². The van der Waals surface area contributed by atoms with Gasteiger partial charge in [0.1, 0.15) is 0 Å². The normalized spacial score (nSPS) is 13.9. The fraction of sp³-hybridized carbons (Fsp3) is 0.214. The lowest BCUT2D eigenvalue weighted by molar-refractivity contribution is 0.0574. The Hall–Kier alpha value is -2.05. The highest BCUT2D eigenvalue weighted by Crippen LogP contribution is 2.25. The van der Waals surface area contributed by atoms with Crippen LogP contribution in [0.15, 0.2) is 47.3 Å². The molecule has 1 unspecified atom stereocenters. The molecule has 2 aromatic rings. The summed E-state index contributed by atoms with van der Waals surface area (Å²) in [4.78, 5) is 0. The van der Waals surface area contributed by atoms with Gasteiger partial charge in [0.05, 0.1) is 29.8 Å². The number of hydrogen-bond donors (Lipinski definition) is 1. The highest BCUT2D eigenvalue weighted by Gasteiger charge is 2.23. The molecule has 2 rings (SSSR count). The van der Waals surface area contributed by atoms with Crippen molar-refractivity contribution in [1.29, 1.82) is 5.26 Å². The second-order valence-corrected chi connectivity index (χ2v) is 4.27. The first-order chi connectivity index (χ1) is 8.12. The Morgan fingerprint density at radius 1 is 1.29 bits per heavy atom. The summed E-state index contributed by atoms with van der Waals surface area (Å²) in [6.45, 7) is 1.75. The minimum Gasteiger partial charge on any atom is -0.472 e. The summed E-state index contributed by atoms with van der Waals surface area (Å²) in [5.74, 6) is 0. The smallest absolute Gasteiger partial charge is 0.0991 e. The molecule has 3 heteroatoms. The van der Waals surface area contributed by atoms with E-state index in [2.05, 4.69) is 6.07 Å². The second kappa shape index (κ2) is 4.44. The number of nitrogens with zero attached hydrogens (tertiary/aromatic N) is 1. The summed E-state index contributed by atoms with van der Waals surface area (Å²) in [5.41, 5.74) is 1.36. The van der Waals surface area contributed by atoms with E-state index in [1.165, 1.54) is 0 Å². The molecule has 0 saturated carbocycles. The minimum atomic E-state index is -0.960. The van der Waals surface area contributed by atoms with E-state index in [1.807, 2.05) is 6.07 Å². The Bertz CT molecular complexity index is 518. The third-order valence-electron chi connectivity index (χ3n) is 2.76. The van der Waals surface area contributed by atoms with Crippen LogP contribution in [0.25, 0.3) is 0 Å². The molecule has 3 nitrogen and oxygen atoms in total. The maximum absolute atomic E-state index is 10.4. The van der Waals surface area contributed by atoms with E-state index >= 15 is 0 Å².